The van der Waals surface area contributed by atoms with Crippen LogP contribution >= 0.6 is 24.0 Å². The second-order valence-corrected chi connectivity index (χ2v) is 7.12. The number of rotatable bonds is 7. The summed E-state index contributed by atoms with van der Waals surface area (Å²) in [6, 6.07) is 7.36. The Hall–Kier alpha value is -2.50. The molecule has 1 aliphatic heterocycles. The minimum absolute atomic E-state index is 0. The minimum Gasteiger partial charge on any atom is -0.496 e. The fraction of sp³-hybridized carbons (Fsp3) is 0.409. The number of nitrogens with zero attached hydrogens (tertiary/aromatic N) is 2. The first kappa shape index (κ1) is 25.8. The van der Waals surface area contributed by atoms with Crippen molar-refractivity contribution in [3.8, 4) is 17.2 Å². The molecule has 2 N–H and O–H groups in total. The zero-order chi connectivity index (χ0) is 22.4. The predicted molar refractivity (Wildman–Crippen MR) is 132 cm³/mol. The standard InChI is InChI=1S/C22H28F2N4O3.HI/c1-25-22(26-12-14-9-20(30-3)21(31-4)11-19(14)29-2)27-16-7-8-28(13-16)18-6-5-15(23)10-17(18)24;/h5-6,9-11,16H,7-8,12-13H2,1-4H3,(H2,25,26,27);1H. The zero-order valence-corrected chi connectivity index (χ0v) is 20.9. The Labute approximate surface area is 204 Å². The Morgan fingerprint density at radius 1 is 1.06 bits per heavy atom. The third-order valence-electron chi connectivity index (χ3n) is 5.24. The van der Waals surface area contributed by atoms with Gasteiger partial charge in [-0.15, -0.1) is 24.0 Å². The molecule has 1 atom stereocenters. The van der Waals surface area contributed by atoms with Crippen LogP contribution in [0.15, 0.2) is 35.3 Å². The quantitative estimate of drug-likeness (QED) is 0.306. The van der Waals surface area contributed by atoms with E-state index in [9.17, 15) is 8.78 Å². The number of methoxy groups -OCH3 is 3. The van der Waals surface area contributed by atoms with E-state index in [2.05, 4.69) is 15.6 Å². The molecule has 2 aromatic carbocycles. The van der Waals surface area contributed by atoms with Crippen molar-refractivity contribution in [1.82, 2.24) is 10.6 Å². The van der Waals surface area contributed by atoms with E-state index in [1.165, 1.54) is 12.1 Å². The number of hydrogen-bond donors (Lipinski definition) is 2. The lowest BCUT2D eigenvalue weighted by atomic mass is 10.1. The van der Waals surface area contributed by atoms with Gasteiger partial charge < -0.3 is 29.7 Å². The van der Waals surface area contributed by atoms with Gasteiger partial charge in [0.2, 0.25) is 0 Å². The summed E-state index contributed by atoms with van der Waals surface area (Å²) in [7, 11) is 6.44. The summed E-state index contributed by atoms with van der Waals surface area (Å²) in [6.07, 6.45) is 0.803. The lowest BCUT2D eigenvalue weighted by molar-refractivity contribution is 0.347. The summed E-state index contributed by atoms with van der Waals surface area (Å²) in [4.78, 5) is 6.18. The van der Waals surface area contributed by atoms with Crippen LogP contribution in [0.3, 0.4) is 0 Å². The maximum Gasteiger partial charge on any atom is 0.191 e. The van der Waals surface area contributed by atoms with Crippen molar-refractivity contribution in [2.75, 3.05) is 46.4 Å². The number of halogens is 3. The Kier molecular flexibility index (Phi) is 9.60. The van der Waals surface area contributed by atoms with Gasteiger partial charge in [0.1, 0.15) is 17.4 Å². The van der Waals surface area contributed by atoms with Crippen molar-refractivity contribution >= 4 is 35.6 Å². The number of ether oxygens (including phenoxy) is 3. The fourth-order valence-electron chi connectivity index (χ4n) is 3.63. The summed E-state index contributed by atoms with van der Waals surface area (Å²) in [5.41, 5.74) is 1.29. The SMILES string of the molecule is CN=C(NCc1cc(OC)c(OC)cc1OC)NC1CCN(c2ccc(F)cc2F)C1.I. The number of hydrogen-bond acceptors (Lipinski definition) is 5. The molecule has 0 radical (unpaired) electrons. The van der Waals surface area contributed by atoms with E-state index < -0.39 is 11.6 Å². The largest absolute Gasteiger partial charge is 0.496 e. The number of nitrogens with one attached hydrogen (secondary N) is 2. The second-order valence-electron chi connectivity index (χ2n) is 7.12. The van der Waals surface area contributed by atoms with E-state index in [0.717, 1.165) is 18.1 Å². The molecule has 0 bridgehead atoms. The first-order valence-corrected chi connectivity index (χ1v) is 9.95. The van der Waals surface area contributed by atoms with Crippen LogP contribution in [-0.4, -0.2) is 53.5 Å². The second kappa shape index (κ2) is 11.9. The lowest BCUT2D eigenvalue weighted by Crippen LogP contribution is -2.44. The van der Waals surface area contributed by atoms with Gasteiger partial charge in [-0.05, 0) is 24.6 Å². The smallest absolute Gasteiger partial charge is 0.191 e. The Morgan fingerprint density at radius 2 is 1.75 bits per heavy atom. The first-order chi connectivity index (χ1) is 15.0. The molecule has 176 valence electrons. The molecule has 32 heavy (non-hydrogen) atoms. The average molecular weight is 562 g/mol. The first-order valence-electron chi connectivity index (χ1n) is 9.95. The molecule has 1 aliphatic rings. The topological polar surface area (TPSA) is 67.4 Å². The summed E-state index contributed by atoms with van der Waals surface area (Å²) in [6.45, 7) is 1.70. The number of anilines is 1. The van der Waals surface area contributed by atoms with Crippen LogP contribution in [0, 0.1) is 11.6 Å². The van der Waals surface area contributed by atoms with Crippen molar-refractivity contribution in [1.29, 1.82) is 0 Å². The highest BCUT2D eigenvalue weighted by Crippen LogP contribution is 2.34. The predicted octanol–water partition coefficient (Wildman–Crippen LogP) is 3.55. The van der Waals surface area contributed by atoms with E-state index in [-0.39, 0.29) is 30.0 Å². The Balaban J connectivity index is 0.00000363. The summed E-state index contributed by atoms with van der Waals surface area (Å²) in [5, 5.41) is 6.63. The molecule has 0 spiro atoms. The molecule has 3 rings (SSSR count). The molecule has 1 fully saturated rings. The monoisotopic (exact) mass is 562 g/mol. The molecule has 0 aromatic heterocycles. The van der Waals surface area contributed by atoms with Crippen LogP contribution in [0.5, 0.6) is 17.2 Å². The van der Waals surface area contributed by atoms with Crippen molar-refractivity contribution in [3.05, 3.63) is 47.5 Å². The lowest BCUT2D eigenvalue weighted by Gasteiger charge is -2.21. The van der Waals surface area contributed by atoms with E-state index in [1.54, 1.807) is 34.4 Å². The highest BCUT2D eigenvalue weighted by Gasteiger charge is 2.25. The molecule has 0 saturated carbocycles. The highest BCUT2D eigenvalue weighted by molar-refractivity contribution is 14.0. The van der Waals surface area contributed by atoms with Crippen LogP contribution in [-0.2, 0) is 6.54 Å². The van der Waals surface area contributed by atoms with Crippen molar-refractivity contribution < 1.29 is 23.0 Å². The van der Waals surface area contributed by atoms with Crippen molar-refractivity contribution in [2.45, 2.75) is 19.0 Å². The van der Waals surface area contributed by atoms with Gasteiger partial charge in [0.25, 0.3) is 0 Å². The van der Waals surface area contributed by atoms with Crippen LogP contribution < -0.4 is 29.7 Å². The van der Waals surface area contributed by atoms with Gasteiger partial charge in [0, 0.05) is 50.4 Å². The Morgan fingerprint density at radius 3 is 2.38 bits per heavy atom. The molecule has 7 nitrogen and oxygen atoms in total. The van der Waals surface area contributed by atoms with Gasteiger partial charge in [0.15, 0.2) is 17.5 Å². The van der Waals surface area contributed by atoms with Gasteiger partial charge in [-0.2, -0.15) is 0 Å². The highest BCUT2D eigenvalue weighted by atomic mass is 127. The normalized spacial score (nSPS) is 15.8. The van der Waals surface area contributed by atoms with Gasteiger partial charge in [-0.25, -0.2) is 8.78 Å². The van der Waals surface area contributed by atoms with Crippen LogP contribution in [0.1, 0.15) is 12.0 Å². The van der Waals surface area contributed by atoms with Crippen molar-refractivity contribution in [3.63, 3.8) is 0 Å². The Bertz CT molecular complexity index is 946. The molecule has 1 unspecified atom stereocenters. The molecule has 0 aliphatic carbocycles. The van der Waals surface area contributed by atoms with Crippen LogP contribution in [0.4, 0.5) is 14.5 Å². The van der Waals surface area contributed by atoms with E-state index in [1.807, 2.05) is 11.0 Å². The molecular formula is C22H29F2IN4O3. The molecular weight excluding hydrogens is 533 g/mol. The van der Waals surface area contributed by atoms with Gasteiger partial charge in [-0.1, -0.05) is 0 Å². The average Bonchev–Trinajstić information content (AvgIpc) is 3.23. The maximum absolute atomic E-state index is 14.1. The number of aliphatic imine (C=N–C) groups is 1. The molecule has 1 saturated heterocycles. The fourth-order valence-corrected chi connectivity index (χ4v) is 3.63. The number of benzene rings is 2. The maximum atomic E-state index is 14.1. The third kappa shape index (κ3) is 6.05. The third-order valence-corrected chi connectivity index (χ3v) is 5.24. The summed E-state index contributed by atoms with van der Waals surface area (Å²) < 4.78 is 43.4. The minimum atomic E-state index is -0.578. The van der Waals surface area contributed by atoms with Gasteiger partial charge >= 0.3 is 0 Å². The zero-order valence-electron chi connectivity index (χ0n) is 18.6. The summed E-state index contributed by atoms with van der Waals surface area (Å²) >= 11 is 0. The molecule has 1 heterocycles. The van der Waals surface area contributed by atoms with Gasteiger partial charge in [-0.3, -0.25) is 4.99 Å². The van der Waals surface area contributed by atoms with Gasteiger partial charge in [0.05, 0.1) is 27.0 Å². The van der Waals surface area contributed by atoms with Crippen molar-refractivity contribution in [2.24, 2.45) is 4.99 Å². The molecule has 0 amide bonds. The summed E-state index contributed by atoms with van der Waals surface area (Å²) in [5.74, 6) is 1.34. The van der Waals surface area contributed by atoms with E-state index in [4.69, 9.17) is 14.2 Å². The number of guanidine groups is 1. The molecule has 10 heteroatoms. The molecule has 2 aromatic rings. The van der Waals surface area contributed by atoms with E-state index >= 15 is 0 Å². The van der Waals surface area contributed by atoms with Crippen LogP contribution in [0.2, 0.25) is 0 Å². The van der Waals surface area contributed by atoms with Crippen LogP contribution in [0.25, 0.3) is 0 Å². The van der Waals surface area contributed by atoms with E-state index in [0.29, 0.717) is 48.5 Å².